The van der Waals surface area contributed by atoms with Gasteiger partial charge in [-0.15, -0.1) is 11.8 Å². The van der Waals surface area contributed by atoms with Crippen molar-refractivity contribution in [2.24, 2.45) is 0 Å². The van der Waals surface area contributed by atoms with Crippen LogP contribution in [0, 0.1) is 6.92 Å². The van der Waals surface area contributed by atoms with E-state index < -0.39 is 0 Å². The van der Waals surface area contributed by atoms with Crippen molar-refractivity contribution in [2.75, 3.05) is 0 Å². The van der Waals surface area contributed by atoms with Crippen molar-refractivity contribution in [3.05, 3.63) is 59.4 Å². The van der Waals surface area contributed by atoms with Crippen molar-refractivity contribution < 1.29 is 0 Å². The zero-order valence-electron chi connectivity index (χ0n) is 12.4. The molecule has 106 valence electrons. The molecule has 20 heavy (non-hydrogen) atoms. The molecule has 0 unspecified atom stereocenters. The summed E-state index contributed by atoms with van der Waals surface area (Å²) in [5.74, 6) is 0.922. The summed E-state index contributed by atoms with van der Waals surface area (Å²) in [7, 11) is 0. The molecule has 0 radical (unpaired) electrons. The number of aryl methyl sites for hydroxylation is 1. The second kappa shape index (κ2) is 7.46. The molecule has 0 aliphatic rings. The predicted octanol–water partition coefficient (Wildman–Crippen LogP) is 4.18. The van der Waals surface area contributed by atoms with Gasteiger partial charge in [0.15, 0.2) is 0 Å². The number of hydrogen-bond acceptors (Lipinski definition) is 3. The maximum atomic E-state index is 4.52. The molecule has 1 heterocycles. The quantitative estimate of drug-likeness (QED) is 0.806. The van der Waals surface area contributed by atoms with Gasteiger partial charge in [-0.25, -0.2) is 0 Å². The van der Waals surface area contributed by atoms with Crippen molar-refractivity contribution in [1.82, 2.24) is 10.3 Å². The van der Waals surface area contributed by atoms with Crippen LogP contribution >= 0.6 is 11.8 Å². The fraction of sp³-hybridized carbons (Fsp3) is 0.353. The lowest BCUT2D eigenvalue weighted by atomic mass is 10.2. The van der Waals surface area contributed by atoms with Crippen LogP contribution in [0.2, 0.25) is 0 Å². The lowest BCUT2D eigenvalue weighted by Gasteiger charge is -2.08. The molecule has 0 amide bonds. The molecule has 1 N–H and O–H groups in total. The highest BCUT2D eigenvalue weighted by Gasteiger charge is 1.99. The second-order valence-corrected chi connectivity index (χ2v) is 6.29. The molecule has 0 aliphatic heterocycles. The van der Waals surface area contributed by atoms with E-state index in [1.165, 1.54) is 10.5 Å². The van der Waals surface area contributed by atoms with Crippen LogP contribution in [0.15, 0.2) is 47.4 Å². The molecule has 2 nitrogen and oxygen atoms in total. The lowest BCUT2D eigenvalue weighted by Crippen LogP contribution is -2.21. The molecule has 0 aliphatic carbocycles. The summed E-state index contributed by atoms with van der Waals surface area (Å²) in [4.78, 5) is 5.82. The van der Waals surface area contributed by atoms with E-state index in [9.17, 15) is 0 Å². The Morgan fingerprint density at radius 3 is 2.50 bits per heavy atom. The fourth-order valence-corrected chi connectivity index (χ4v) is 2.67. The van der Waals surface area contributed by atoms with Gasteiger partial charge in [0.2, 0.25) is 0 Å². The minimum atomic E-state index is 0.524. The van der Waals surface area contributed by atoms with Crippen LogP contribution < -0.4 is 5.32 Å². The minimum absolute atomic E-state index is 0.524. The molecule has 2 rings (SSSR count). The molecule has 1 aromatic carbocycles. The smallest absolute Gasteiger partial charge is 0.0509 e. The first-order chi connectivity index (χ1) is 9.63. The standard InChI is InChI=1S/C17H22N2S/c1-13(2)18-11-15-7-9-17(10-8-15)20-12-16-6-4-5-14(3)19-16/h4-10,13,18H,11-12H2,1-3H3. The normalized spacial score (nSPS) is 11.0. The van der Waals surface area contributed by atoms with Crippen molar-refractivity contribution in [3.8, 4) is 0 Å². The summed E-state index contributed by atoms with van der Waals surface area (Å²) in [5, 5.41) is 3.43. The van der Waals surface area contributed by atoms with E-state index in [1.54, 1.807) is 0 Å². The molecular weight excluding hydrogens is 264 g/mol. The van der Waals surface area contributed by atoms with Crippen molar-refractivity contribution in [1.29, 1.82) is 0 Å². The first-order valence-electron chi connectivity index (χ1n) is 7.01. The maximum Gasteiger partial charge on any atom is 0.0509 e. The summed E-state index contributed by atoms with van der Waals surface area (Å²) in [6.45, 7) is 7.30. The largest absolute Gasteiger partial charge is 0.310 e. The Morgan fingerprint density at radius 2 is 1.85 bits per heavy atom. The predicted molar refractivity (Wildman–Crippen MR) is 87.0 cm³/mol. The van der Waals surface area contributed by atoms with Crippen LogP contribution in [-0.4, -0.2) is 11.0 Å². The van der Waals surface area contributed by atoms with Crippen molar-refractivity contribution in [3.63, 3.8) is 0 Å². The van der Waals surface area contributed by atoms with E-state index >= 15 is 0 Å². The zero-order valence-corrected chi connectivity index (χ0v) is 13.2. The van der Waals surface area contributed by atoms with Crippen molar-refractivity contribution in [2.45, 2.75) is 44.0 Å². The molecule has 0 saturated carbocycles. The Hall–Kier alpha value is -1.32. The Balaban J connectivity index is 1.87. The van der Waals surface area contributed by atoms with E-state index in [1.807, 2.05) is 24.8 Å². The van der Waals surface area contributed by atoms with E-state index in [-0.39, 0.29) is 0 Å². The number of pyridine rings is 1. The number of nitrogens with one attached hydrogen (secondary N) is 1. The monoisotopic (exact) mass is 286 g/mol. The number of aromatic nitrogens is 1. The molecule has 1 aromatic heterocycles. The third-order valence-electron chi connectivity index (χ3n) is 2.97. The molecule has 0 saturated heterocycles. The first kappa shape index (κ1) is 15.1. The van der Waals surface area contributed by atoms with Gasteiger partial charge in [0.05, 0.1) is 5.69 Å². The lowest BCUT2D eigenvalue weighted by molar-refractivity contribution is 0.588. The molecule has 0 fully saturated rings. The number of hydrogen-bond donors (Lipinski definition) is 1. The van der Waals surface area contributed by atoms with E-state index in [0.29, 0.717) is 6.04 Å². The zero-order chi connectivity index (χ0) is 14.4. The Labute approximate surface area is 126 Å². The van der Waals surface area contributed by atoms with Crippen LogP contribution in [0.1, 0.15) is 30.8 Å². The Kier molecular flexibility index (Phi) is 5.62. The van der Waals surface area contributed by atoms with Gasteiger partial charge >= 0.3 is 0 Å². The molecule has 0 spiro atoms. The summed E-state index contributed by atoms with van der Waals surface area (Å²) < 4.78 is 0. The van der Waals surface area contributed by atoms with Gasteiger partial charge in [-0.3, -0.25) is 4.98 Å². The molecule has 2 aromatic rings. The summed E-state index contributed by atoms with van der Waals surface area (Å²) in [6.07, 6.45) is 0. The average Bonchev–Trinajstić information content (AvgIpc) is 2.44. The molecular formula is C17H22N2S. The number of rotatable bonds is 6. The summed E-state index contributed by atoms with van der Waals surface area (Å²) in [6, 6.07) is 15.5. The number of benzene rings is 1. The minimum Gasteiger partial charge on any atom is -0.310 e. The third kappa shape index (κ3) is 4.99. The Morgan fingerprint density at radius 1 is 1.10 bits per heavy atom. The highest BCUT2D eigenvalue weighted by molar-refractivity contribution is 7.98. The van der Waals surface area contributed by atoms with Gasteiger partial charge in [0.25, 0.3) is 0 Å². The van der Waals surface area contributed by atoms with Gasteiger partial charge in [-0.2, -0.15) is 0 Å². The summed E-state index contributed by atoms with van der Waals surface area (Å²) >= 11 is 1.83. The number of thioether (sulfide) groups is 1. The van der Waals surface area contributed by atoms with Crippen LogP contribution in [0.3, 0.4) is 0 Å². The van der Waals surface area contributed by atoms with Gasteiger partial charge in [0, 0.05) is 28.9 Å². The molecule has 0 bridgehead atoms. The molecule has 0 atom stereocenters. The van der Waals surface area contributed by atoms with Gasteiger partial charge in [0.1, 0.15) is 0 Å². The third-order valence-corrected chi connectivity index (χ3v) is 4.02. The SMILES string of the molecule is Cc1cccc(CSc2ccc(CNC(C)C)cc2)n1. The van der Waals surface area contributed by atoms with E-state index in [0.717, 1.165) is 23.7 Å². The highest BCUT2D eigenvalue weighted by atomic mass is 32.2. The van der Waals surface area contributed by atoms with Crippen LogP contribution in [0.4, 0.5) is 0 Å². The average molecular weight is 286 g/mol. The van der Waals surface area contributed by atoms with Gasteiger partial charge in [-0.1, -0.05) is 32.0 Å². The second-order valence-electron chi connectivity index (χ2n) is 5.24. The first-order valence-corrected chi connectivity index (χ1v) is 8.00. The number of nitrogens with zero attached hydrogens (tertiary/aromatic N) is 1. The summed E-state index contributed by atoms with van der Waals surface area (Å²) in [5.41, 5.74) is 3.55. The van der Waals surface area contributed by atoms with Crippen molar-refractivity contribution >= 4 is 11.8 Å². The van der Waals surface area contributed by atoms with Crippen LogP contribution in [0.25, 0.3) is 0 Å². The van der Waals surface area contributed by atoms with E-state index in [2.05, 4.69) is 60.5 Å². The maximum absolute atomic E-state index is 4.52. The fourth-order valence-electron chi connectivity index (χ4n) is 1.86. The van der Waals surface area contributed by atoms with Crippen LogP contribution in [0.5, 0.6) is 0 Å². The van der Waals surface area contributed by atoms with E-state index in [4.69, 9.17) is 0 Å². The van der Waals surface area contributed by atoms with Gasteiger partial charge < -0.3 is 5.32 Å². The Bertz CT molecular complexity index is 535. The van der Waals surface area contributed by atoms with Crippen LogP contribution in [-0.2, 0) is 12.3 Å². The molecule has 3 heteroatoms. The van der Waals surface area contributed by atoms with Gasteiger partial charge in [-0.05, 0) is 36.8 Å². The highest BCUT2D eigenvalue weighted by Crippen LogP contribution is 2.22. The topological polar surface area (TPSA) is 24.9 Å².